The van der Waals surface area contributed by atoms with Crippen LogP contribution in [0.25, 0.3) is 10.9 Å². The van der Waals surface area contributed by atoms with Gasteiger partial charge in [0.2, 0.25) is 0 Å². The molecule has 160 valence electrons. The molecule has 3 aromatic rings. The lowest BCUT2D eigenvalue weighted by Crippen LogP contribution is -2.53. The predicted octanol–water partition coefficient (Wildman–Crippen LogP) is 3.41. The fraction of sp³-hybridized carbons (Fsp3) is 0.304. The van der Waals surface area contributed by atoms with Crippen LogP contribution < -0.4 is 5.32 Å². The first-order valence-electron chi connectivity index (χ1n) is 10.2. The van der Waals surface area contributed by atoms with Crippen LogP contribution in [0.5, 0.6) is 5.75 Å². The van der Waals surface area contributed by atoms with Crippen LogP contribution in [0.15, 0.2) is 42.5 Å². The fourth-order valence-electron chi connectivity index (χ4n) is 4.95. The summed E-state index contributed by atoms with van der Waals surface area (Å²) in [6.45, 7) is 2.64. The molecular formula is C23H23ClN4O3. The Kier molecular flexibility index (Phi) is 4.50. The Hall–Kier alpha value is -3.03. The Balaban J connectivity index is 1.75. The van der Waals surface area contributed by atoms with E-state index in [2.05, 4.69) is 10.3 Å². The van der Waals surface area contributed by atoms with E-state index in [1.54, 1.807) is 30.1 Å². The molecule has 3 heterocycles. The molecule has 1 saturated heterocycles. The Morgan fingerprint density at radius 1 is 1.26 bits per heavy atom. The summed E-state index contributed by atoms with van der Waals surface area (Å²) in [7, 11) is 1.79. The second kappa shape index (κ2) is 7.00. The van der Waals surface area contributed by atoms with Crippen molar-refractivity contribution >= 4 is 34.4 Å². The predicted molar refractivity (Wildman–Crippen MR) is 118 cm³/mol. The number of aromatic nitrogens is 1. The molecule has 2 aliphatic rings. The van der Waals surface area contributed by atoms with Gasteiger partial charge in [-0.2, -0.15) is 0 Å². The van der Waals surface area contributed by atoms with E-state index in [-0.39, 0.29) is 17.7 Å². The fourth-order valence-corrected chi connectivity index (χ4v) is 5.12. The van der Waals surface area contributed by atoms with Gasteiger partial charge in [0.1, 0.15) is 17.3 Å². The molecule has 2 aliphatic heterocycles. The van der Waals surface area contributed by atoms with E-state index >= 15 is 0 Å². The molecule has 3 amide bonds. The van der Waals surface area contributed by atoms with Gasteiger partial charge in [-0.05, 0) is 55.4 Å². The number of amides is 3. The lowest BCUT2D eigenvalue weighted by molar-refractivity contribution is -0.133. The van der Waals surface area contributed by atoms with Crippen molar-refractivity contribution in [1.29, 1.82) is 0 Å². The van der Waals surface area contributed by atoms with Crippen molar-refractivity contribution in [2.45, 2.75) is 24.9 Å². The number of aromatic amines is 1. The number of aromatic hydroxyl groups is 1. The van der Waals surface area contributed by atoms with E-state index in [0.29, 0.717) is 24.5 Å². The van der Waals surface area contributed by atoms with Gasteiger partial charge < -0.3 is 15.4 Å². The summed E-state index contributed by atoms with van der Waals surface area (Å²) in [5.41, 5.74) is 2.42. The molecular weight excluding hydrogens is 416 g/mol. The number of likely N-dealkylation sites (N-methyl/N-ethyl adjacent to an activating group) is 1. The van der Waals surface area contributed by atoms with Gasteiger partial charge in [0.05, 0.1) is 0 Å². The van der Waals surface area contributed by atoms with Gasteiger partial charge in [-0.3, -0.25) is 14.6 Å². The molecule has 2 atom stereocenters. The van der Waals surface area contributed by atoms with E-state index in [0.717, 1.165) is 27.7 Å². The monoisotopic (exact) mass is 438 g/mol. The summed E-state index contributed by atoms with van der Waals surface area (Å²) in [5, 5.41) is 14.7. The van der Waals surface area contributed by atoms with Crippen molar-refractivity contribution in [3.05, 3.63) is 64.3 Å². The number of phenolic OH excluding ortho intramolecular Hbond substituents is 1. The van der Waals surface area contributed by atoms with Gasteiger partial charge in [0.25, 0.3) is 5.91 Å². The molecule has 0 unspecified atom stereocenters. The molecule has 0 aliphatic carbocycles. The molecule has 1 fully saturated rings. The third kappa shape index (κ3) is 2.84. The summed E-state index contributed by atoms with van der Waals surface area (Å²) in [6.07, 6.45) is 0.388. The van der Waals surface area contributed by atoms with Crippen LogP contribution in [0.3, 0.4) is 0 Å². The Morgan fingerprint density at radius 3 is 2.81 bits per heavy atom. The minimum Gasteiger partial charge on any atom is -0.508 e. The van der Waals surface area contributed by atoms with E-state index in [1.165, 1.54) is 4.90 Å². The molecule has 1 aromatic heterocycles. The number of nitrogens with one attached hydrogen (secondary N) is 2. The second-order valence-electron chi connectivity index (χ2n) is 8.37. The van der Waals surface area contributed by atoms with Crippen LogP contribution in [-0.4, -0.2) is 57.5 Å². The topological polar surface area (TPSA) is 88.7 Å². The smallest absolute Gasteiger partial charge is 0.328 e. The van der Waals surface area contributed by atoms with Crippen LogP contribution in [-0.2, 0) is 11.2 Å². The highest BCUT2D eigenvalue weighted by molar-refractivity contribution is 6.31. The Morgan fingerprint density at radius 2 is 2.06 bits per heavy atom. The molecule has 0 bridgehead atoms. The third-order valence-corrected chi connectivity index (χ3v) is 6.63. The summed E-state index contributed by atoms with van der Waals surface area (Å²) < 4.78 is 0. The Labute approximate surface area is 184 Å². The summed E-state index contributed by atoms with van der Waals surface area (Å²) in [4.78, 5) is 33.5. The zero-order valence-electron chi connectivity index (χ0n) is 17.3. The van der Waals surface area contributed by atoms with Gasteiger partial charge in [0.15, 0.2) is 0 Å². The number of carbonyl (C=O) groups is 2. The lowest BCUT2D eigenvalue weighted by Gasteiger charge is -2.42. The molecule has 2 aromatic carbocycles. The number of imide groups is 1. The summed E-state index contributed by atoms with van der Waals surface area (Å²) in [6, 6.07) is 11.6. The quantitative estimate of drug-likeness (QED) is 0.544. The minimum atomic E-state index is -1.04. The molecule has 3 N–H and O–H groups in total. The zero-order valence-corrected chi connectivity index (χ0v) is 18.0. The second-order valence-corrected chi connectivity index (χ2v) is 8.80. The van der Waals surface area contributed by atoms with Crippen molar-refractivity contribution in [2.75, 3.05) is 20.1 Å². The van der Waals surface area contributed by atoms with Crippen molar-refractivity contribution < 1.29 is 14.7 Å². The highest BCUT2D eigenvalue weighted by Gasteiger charge is 2.60. The number of hydrogen-bond donors (Lipinski definition) is 3. The molecule has 7 nitrogen and oxygen atoms in total. The standard InChI is InChI=1S/C23H23ClN4O3/c1-23-12-17-16-11-14(24)6-7-18(16)26-19(17)20(13-4-3-5-15(29)10-13)28(23)22(31)27(21(23)30)9-8-25-2/h3-7,10-11,20,25-26,29H,8-9,12H2,1-2H3/t20-,23+/m1/s1. The maximum absolute atomic E-state index is 13.5. The highest BCUT2D eigenvalue weighted by atomic mass is 35.5. The Bertz CT molecular complexity index is 1220. The molecule has 0 spiro atoms. The van der Waals surface area contributed by atoms with E-state index in [1.807, 2.05) is 31.2 Å². The van der Waals surface area contributed by atoms with Crippen molar-refractivity contribution in [3.8, 4) is 5.75 Å². The zero-order chi connectivity index (χ0) is 21.9. The van der Waals surface area contributed by atoms with Crippen LogP contribution in [0.4, 0.5) is 4.79 Å². The summed E-state index contributed by atoms with van der Waals surface area (Å²) >= 11 is 6.28. The number of nitrogens with zero attached hydrogens (tertiary/aromatic N) is 2. The van der Waals surface area contributed by atoms with Gasteiger partial charge in [-0.25, -0.2) is 4.79 Å². The molecule has 8 heteroatoms. The van der Waals surface area contributed by atoms with Gasteiger partial charge in [-0.15, -0.1) is 0 Å². The maximum atomic E-state index is 13.5. The first-order chi connectivity index (χ1) is 14.8. The van der Waals surface area contributed by atoms with Gasteiger partial charge >= 0.3 is 6.03 Å². The number of phenols is 1. The normalized spacial score (nSPS) is 22.9. The first kappa shape index (κ1) is 19.9. The number of rotatable bonds is 4. The molecule has 5 rings (SSSR count). The average molecular weight is 439 g/mol. The number of urea groups is 1. The van der Waals surface area contributed by atoms with Crippen molar-refractivity contribution in [3.63, 3.8) is 0 Å². The van der Waals surface area contributed by atoms with Crippen LogP contribution in [0.1, 0.15) is 29.8 Å². The van der Waals surface area contributed by atoms with Crippen LogP contribution in [0.2, 0.25) is 5.02 Å². The van der Waals surface area contributed by atoms with E-state index < -0.39 is 11.6 Å². The number of hydrogen-bond acceptors (Lipinski definition) is 4. The number of H-pyrrole nitrogens is 1. The largest absolute Gasteiger partial charge is 0.508 e. The maximum Gasteiger partial charge on any atom is 0.328 e. The molecule has 31 heavy (non-hydrogen) atoms. The molecule has 0 saturated carbocycles. The van der Waals surface area contributed by atoms with E-state index in [9.17, 15) is 14.7 Å². The highest BCUT2D eigenvalue weighted by Crippen LogP contribution is 2.49. The van der Waals surface area contributed by atoms with Gasteiger partial charge in [0, 0.05) is 41.1 Å². The van der Waals surface area contributed by atoms with Crippen LogP contribution in [0, 0.1) is 0 Å². The lowest BCUT2D eigenvalue weighted by atomic mass is 9.81. The third-order valence-electron chi connectivity index (χ3n) is 6.40. The molecule has 0 radical (unpaired) electrons. The minimum absolute atomic E-state index is 0.107. The number of carbonyl (C=O) groups excluding carboxylic acids is 2. The van der Waals surface area contributed by atoms with Gasteiger partial charge in [-0.1, -0.05) is 23.7 Å². The SMILES string of the molecule is CNCCN1C(=O)N2[C@H](c3cccc(O)c3)c3[nH]c4ccc(Cl)cc4c3C[C@@]2(C)C1=O. The number of halogens is 1. The van der Waals surface area contributed by atoms with Crippen LogP contribution >= 0.6 is 11.6 Å². The number of fused-ring (bicyclic) bond motifs is 4. The number of benzene rings is 2. The summed E-state index contributed by atoms with van der Waals surface area (Å²) in [5.74, 6) is -0.101. The first-order valence-corrected chi connectivity index (χ1v) is 10.6. The average Bonchev–Trinajstić information content (AvgIpc) is 3.17. The van der Waals surface area contributed by atoms with E-state index in [4.69, 9.17) is 11.6 Å². The van der Waals surface area contributed by atoms with Crippen molar-refractivity contribution in [1.82, 2.24) is 20.1 Å². The van der Waals surface area contributed by atoms with Crippen molar-refractivity contribution in [2.24, 2.45) is 0 Å².